The van der Waals surface area contributed by atoms with Gasteiger partial charge in [0.2, 0.25) is 5.88 Å². The fourth-order valence-corrected chi connectivity index (χ4v) is 2.07. The SMILES string of the molecule is CCOc1ccc(Oc2c(CNC)c(C)nn2C)cc1. The fourth-order valence-electron chi connectivity index (χ4n) is 2.07. The Morgan fingerprint density at radius 1 is 1.20 bits per heavy atom. The smallest absolute Gasteiger partial charge is 0.222 e. The van der Waals surface area contributed by atoms with Crippen LogP contribution < -0.4 is 14.8 Å². The molecule has 0 unspecified atom stereocenters. The maximum absolute atomic E-state index is 5.95. The van der Waals surface area contributed by atoms with Crippen LogP contribution in [0.3, 0.4) is 0 Å². The highest BCUT2D eigenvalue weighted by molar-refractivity contribution is 5.37. The maximum Gasteiger partial charge on any atom is 0.222 e. The zero-order chi connectivity index (χ0) is 14.5. The van der Waals surface area contributed by atoms with E-state index in [9.17, 15) is 0 Å². The van der Waals surface area contributed by atoms with Crippen LogP contribution in [0.25, 0.3) is 0 Å². The van der Waals surface area contributed by atoms with E-state index in [1.807, 2.05) is 52.2 Å². The summed E-state index contributed by atoms with van der Waals surface area (Å²) < 4.78 is 13.1. The molecule has 1 N–H and O–H groups in total. The van der Waals surface area contributed by atoms with E-state index in [1.54, 1.807) is 4.68 Å². The average Bonchev–Trinajstić information content (AvgIpc) is 2.69. The summed E-state index contributed by atoms with van der Waals surface area (Å²) in [6.07, 6.45) is 0. The number of aromatic nitrogens is 2. The Bertz CT molecular complexity index is 561. The van der Waals surface area contributed by atoms with Crippen LogP contribution in [0.5, 0.6) is 17.4 Å². The van der Waals surface area contributed by atoms with Gasteiger partial charge in [-0.2, -0.15) is 5.10 Å². The minimum absolute atomic E-state index is 0.660. The third kappa shape index (κ3) is 3.11. The van der Waals surface area contributed by atoms with Crippen molar-refractivity contribution >= 4 is 0 Å². The molecule has 0 bridgehead atoms. The van der Waals surface area contributed by atoms with E-state index in [-0.39, 0.29) is 0 Å². The molecule has 0 fully saturated rings. The molecule has 5 heteroatoms. The van der Waals surface area contributed by atoms with Gasteiger partial charge in [0.1, 0.15) is 11.5 Å². The van der Waals surface area contributed by atoms with Gasteiger partial charge in [-0.15, -0.1) is 0 Å². The van der Waals surface area contributed by atoms with Crippen LogP contribution in [0.4, 0.5) is 0 Å². The molecule has 108 valence electrons. The standard InChI is InChI=1S/C15H21N3O2/c1-5-19-12-6-8-13(9-7-12)20-15-14(10-16-3)11(2)17-18(15)4/h6-9,16H,5,10H2,1-4H3. The highest BCUT2D eigenvalue weighted by Gasteiger charge is 2.14. The summed E-state index contributed by atoms with van der Waals surface area (Å²) in [7, 11) is 3.79. The molecule has 0 aliphatic rings. The minimum Gasteiger partial charge on any atom is -0.494 e. The van der Waals surface area contributed by atoms with Crippen molar-refractivity contribution in [1.82, 2.24) is 15.1 Å². The molecule has 1 heterocycles. The number of hydrogen-bond donors (Lipinski definition) is 1. The lowest BCUT2D eigenvalue weighted by Gasteiger charge is -2.09. The van der Waals surface area contributed by atoms with E-state index in [0.29, 0.717) is 6.61 Å². The van der Waals surface area contributed by atoms with E-state index in [2.05, 4.69) is 10.4 Å². The molecule has 5 nitrogen and oxygen atoms in total. The highest BCUT2D eigenvalue weighted by Crippen LogP contribution is 2.28. The van der Waals surface area contributed by atoms with Gasteiger partial charge in [-0.25, -0.2) is 4.68 Å². The van der Waals surface area contributed by atoms with Crippen molar-refractivity contribution < 1.29 is 9.47 Å². The van der Waals surface area contributed by atoms with Gasteiger partial charge in [0.25, 0.3) is 0 Å². The van der Waals surface area contributed by atoms with Gasteiger partial charge in [-0.3, -0.25) is 0 Å². The molecule has 1 aromatic heterocycles. The van der Waals surface area contributed by atoms with E-state index in [4.69, 9.17) is 9.47 Å². The summed E-state index contributed by atoms with van der Waals surface area (Å²) in [5.74, 6) is 2.38. The minimum atomic E-state index is 0.660. The van der Waals surface area contributed by atoms with Crippen molar-refractivity contribution in [2.45, 2.75) is 20.4 Å². The summed E-state index contributed by atoms with van der Waals surface area (Å²) in [5.41, 5.74) is 2.05. The van der Waals surface area contributed by atoms with E-state index < -0.39 is 0 Å². The second-order valence-corrected chi connectivity index (χ2v) is 4.53. The Balaban J connectivity index is 2.20. The molecule has 0 aliphatic carbocycles. The predicted octanol–water partition coefficient (Wildman–Crippen LogP) is 2.64. The van der Waals surface area contributed by atoms with Crippen molar-refractivity contribution in [3.63, 3.8) is 0 Å². The van der Waals surface area contributed by atoms with Gasteiger partial charge < -0.3 is 14.8 Å². The molecule has 0 atom stereocenters. The number of rotatable bonds is 6. The van der Waals surface area contributed by atoms with Crippen LogP contribution in [-0.4, -0.2) is 23.4 Å². The van der Waals surface area contributed by atoms with Crippen LogP contribution in [0.15, 0.2) is 24.3 Å². The van der Waals surface area contributed by atoms with Gasteiger partial charge in [0.15, 0.2) is 0 Å². The zero-order valence-electron chi connectivity index (χ0n) is 12.4. The fraction of sp³-hybridized carbons (Fsp3) is 0.400. The number of hydrogen-bond acceptors (Lipinski definition) is 4. The van der Waals surface area contributed by atoms with Gasteiger partial charge >= 0.3 is 0 Å². The summed E-state index contributed by atoms with van der Waals surface area (Å²) in [5, 5.41) is 7.54. The lowest BCUT2D eigenvalue weighted by Crippen LogP contribution is -2.07. The normalized spacial score (nSPS) is 10.6. The van der Waals surface area contributed by atoms with E-state index >= 15 is 0 Å². The summed E-state index contributed by atoms with van der Waals surface area (Å²) >= 11 is 0. The Hall–Kier alpha value is -2.01. The van der Waals surface area contributed by atoms with E-state index in [1.165, 1.54) is 0 Å². The molecule has 0 saturated heterocycles. The second kappa shape index (κ2) is 6.43. The predicted molar refractivity (Wildman–Crippen MR) is 78.4 cm³/mol. The Morgan fingerprint density at radius 2 is 1.85 bits per heavy atom. The number of aryl methyl sites for hydroxylation is 2. The van der Waals surface area contributed by atoms with Crippen molar-refractivity contribution in [2.75, 3.05) is 13.7 Å². The summed E-state index contributed by atoms with van der Waals surface area (Å²) in [6.45, 7) is 5.34. The first-order valence-corrected chi connectivity index (χ1v) is 6.73. The Labute approximate surface area is 119 Å². The second-order valence-electron chi connectivity index (χ2n) is 4.53. The van der Waals surface area contributed by atoms with Crippen LogP contribution >= 0.6 is 0 Å². The van der Waals surface area contributed by atoms with Crippen LogP contribution in [0, 0.1) is 6.92 Å². The third-order valence-electron chi connectivity index (χ3n) is 2.99. The largest absolute Gasteiger partial charge is 0.494 e. The number of benzene rings is 1. The van der Waals surface area contributed by atoms with Gasteiger partial charge in [-0.05, 0) is 45.2 Å². The summed E-state index contributed by atoms with van der Waals surface area (Å²) in [4.78, 5) is 0. The number of nitrogens with zero attached hydrogens (tertiary/aromatic N) is 2. The third-order valence-corrected chi connectivity index (χ3v) is 2.99. The van der Waals surface area contributed by atoms with Gasteiger partial charge in [0, 0.05) is 13.6 Å². The molecule has 0 spiro atoms. The maximum atomic E-state index is 5.95. The molecule has 20 heavy (non-hydrogen) atoms. The Kier molecular flexibility index (Phi) is 4.63. The zero-order valence-corrected chi connectivity index (χ0v) is 12.4. The molecular weight excluding hydrogens is 254 g/mol. The molecule has 0 aliphatic heterocycles. The molecule has 2 aromatic rings. The first-order chi connectivity index (χ1) is 9.65. The van der Waals surface area contributed by atoms with Crippen LogP contribution in [0.1, 0.15) is 18.2 Å². The topological polar surface area (TPSA) is 48.3 Å². The van der Waals surface area contributed by atoms with Gasteiger partial charge in [-0.1, -0.05) is 0 Å². The number of nitrogens with one attached hydrogen (secondary N) is 1. The van der Waals surface area contributed by atoms with E-state index in [0.717, 1.165) is 35.2 Å². The quantitative estimate of drug-likeness (QED) is 0.880. The van der Waals surface area contributed by atoms with Crippen molar-refractivity contribution in [3.05, 3.63) is 35.5 Å². The molecule has 0 amide bonds. The van der Waals surface area contributed by atoms with Gasteiger partial charge in [0.05, 0.1) is 17.9 Å². The van der Waals surface area contributed by atoms with Crippen molar-refractivity contribution in [2.24, 2.45) is 7.05 Å². The molecule has 0 radical (unpaired) electrons. The molecule has 0 saturated carbocycles. The first-order valence-electron chi connectivity index (χ1n) is 6.73. The number of ether oxygens (including phenoxy) is 2. The lowest BCUT2D eigenvalue weighted by atomic mass is 10.2. The van der Waals surface area contributed by atoms with Crippen molar-refractivity contribution in [3.8, 4) is 17.4 Å². The Morgan fingerprint density at radius 3 is 2.45 bits per heavy atom. The monoisotopic (exact) mass is 275 g/mol. The van der Waals surface area contributed by atoms with Crippen LogP contribution in [0.2, 0.25) is 0 Å². The molecule has 2 rings (SSSR count). The van der Waals surface area contributed by atoms with Crippen LogP contribution in [-0.2, 0) is 13.6 Å². The molecule has 1 aromatic carbocycles. The lowest BCUT2D eigenvalue weighted by molar-refractivity contribution is 0.339. The first kappa shape index (κ1) is 14.4. The summed E-state index contributed by atoms with van der Waals surface area (Å²) in [6, 6.07) is 7.60. The van der Waals surface area contributed by atoms with Crippen molar-refractivity contribution in [1.29, 1.82) is 0 Å². The highest BCUT2D eigenvalue weighted by atomic mass is 16.5. The average molecular weight is 275 g/mol. The molecular formula is C15H21N3O2.